The molecule has 0 aromatic carbocycles. The number of nitrogens with two attached hydrogens (primary N) is 1. The molecule has 0 bridgehead atoms. The smallest absolute Gasteiger partial charge is 0.352 e. The van der Waals surface area contributed by atoms with Crippen LogP contribution in [0, 0.1) is 16.0 Å². The van der Waals surface area contributed by atoms with Crippen molar-refractivity contribution in [2.45, 2.75) is 24.7 Å². The zero-order valence-corrected chi connectivity index (χ0v) is 10.4. The Morgan fingerprint density at radius 2 is 2.15 bits per heavy atom. The number of anilines is 2. The van der Waals surface area contributed by atoms with Crippen molar-refractivity contribution in [1.29, 1.82) is 0 Å². The first-order valence-electron chi connectivity index (χ1n) is 5.94. The van der Waals surface area contributed by atoms with Crippen LogP contribution in [0.3, 0.4) is 0 Å². The zero-order chi connectivity index (χ0) is 14.9. The molecule has 0 radical (unpaired) electrons. The van der Waals surface area contributed by atoms with Gasteiger partial charge in [0.25, 0.3) is 0 Å². The lowest BCUT2D eigenvalue weighted by Crippen LogP contribution is -2.35. The molecule has 1 aromatic rings. The minimum Gasteiger partial charge on any atom is -0.396 e. The van der Waals surface area contributed by atoms with Crippen molar-refractivity contribution in [2.24, 2.45) is 5.92 Å². The Morgan fingerprint density at radius 3 is 2.70 bits per heavy atom. The van der Waals surface area contributed by atoms with Crippen LogP contribution in [0.25, 0.3) is 0 Å². The molecule has 0 saturated heterocycles. The third kappa shape index (κ3) is 2.48. The van der Waals surface area contributed by atoms with E-state index in [1.54, 1.807) is 0 Å². The van der Waals surface area contributed by atoms with Crippen molar-refractivity contribution >= 4 is 17.3 Å². The first-order valence-corrected chi connectivity index (χ1v) is 5.94. The fourth-order valence-corrected chi connectivity index (χ4v) is 2.30. The molecule has 1 fully saturated rings. The van der Waals surface area contributed by atoms with Crippen LogP contribution in [0.5, 0.6) is 0 Å². The Balaban J connectivity index is 2.23. The second-order valence-electron chi connectivity index (χ2n) is 4.62. The molecule has 1 saturated carbocycles. The minimum absolute atomic E-state index is 0.127. The highest BCUT2D eigenvalue weighted by molar-refractivity contribution is 5.67. The largest absolute Gasteiger partial charge is 0.396 e. The van der Waals surface area contributed by atoms with Gasteiger partial charge in [0.15, 0.2) is 0 Å². The Morgan fingerprint density at radius 1 is 1.45 bits per heavy atom. The third-order valence-corrected chi connectivity index (χ3v) is 3.39. The van der Waals surface area contributed by atoms with Gasteiger partial charge >= 0.3 is 5.69 Å². The maximum atomic E-state index is 10.9. The first-order chi connectivity index (χ1) is 9.45. The standard InChI is InChI=1S/C10H15N5O5/c11-9-6(15(19)20)10(13-3-12-9)14-5-1-4(2-16)7(17)8(5)18/h3-5,7-8,16-18H,1-2H2,(H3,11,12,13,14)/t4?,5-,7-,8+/m1/s1. The lowest BCUT2D eigenvalue weighted by Gasteiger charge is -2.18. The lowest BCUT2D eigenvalue weighted by atomic mass is 10.1. The van der Waals surface area contributed by atoms with Crippen molar-refractivity contribution in [3.05, 3.63) is 16.4 Å². The minimum atomic E-state index is -1.16. The normalized spacial score (nSPS) is 29.4. The number of nitrogens with one attached hydrogen (secondary N) is 1. The summed E-state index contributed by atoms with van der Waals surface area (Å²) >= 11 is 0. The molecule has 4 atom stereocenters. The summed E-state index contributed by atoms with van der Waals surface area (Å²) in [6.07, 6.45) is -0.954. The van der Waals surface area contributed by atoms with E-state index in [1.165, 1.54) is 0 Å². The van der Waals surface area contributed by atoms with Crippen LogP contribution in [0.15, 0.2) is 6.33 Å². The monoisotopic (exact) mass is 285 g/mol. The predicted molar refractivity (Wildman–Crippen MR) is 67.7 cm³/mol. The fraction of sp³-hybridized carbons (Fsp3) is 0.600. The summed E-state index contributed by atoms with van der Waals surface area (Å²) < 4.78 is 0. The van der Waals surface area contributed by atoms with E-state index in [-0.39, 0.29) is 24.7 Å². The van der Waals surface area contributed by atoms with Gasteiger partial charge < -0.3 is 26.4 Å². The van der Waals surface area contributed by atoms with E-state index < -0.39 is 34.8 Å². The summed E-state index contributed by atoms with van der Waals surface area (Å²) in [5.74, 6) is -0.919. The molecule has 0 amide bonds. The van der Waals surface area contributed by atoms with E-state index in [4.69, 9.17) is 10.8 Å². The number of nitro groups is 1. The molecule has 1 unspecified atom stereocenters. The Bertz CT molecular complexity index is 513. The van der Waals surface area contributed by atoms with Crippen molar-refractivity contribution in [2.75, 3.05) is 17.7 Å². The van der Waals surface area contributed by atoms with Crippen molar-refractivity contribution in [3.8, 4) is 0 Å². The molecular formula is C10H15N5O5. The summed E-state index contributed by atoms with van der Waals surface area (Å²) in [5, 5.41) is 42.2. The van der Waals surface area contributed by atoms with Gasteiger partial charge in [-0.1, -0.05) is 0 Å². The maximum Gasteiger partial charge on any atom is 0.352 e. The van der Waals surface area contributed by atoms with Crippen molar-refractivity contribution in [1.82, 2.24) is 9.97 Å². The van der Waals surface area contributed by atoms with E-state index in [2.05, 4.69) is 15.3 Å². The average Bonchev–Trinajstić information content (AvgIpc) is 2.66. The van der Waals surface area contributed by atoms with Crippen LogP contribution in [-0.4, -0.2) is 55.1 Å². The highest BCUT2D eigenvalue weighted by atomic mass is 16.6. The summed E-state index contributed by atoms with van der Waals surface area (Å²) in [6.45, 7) is -0.287. The van der Waals surface area contributed by atoms with Crippen molar-refractivity contribution in [3.63, 3.8) is 0 Å². The van der Waals surface area contributed by atoms with Crippen molar-refractivity contribution < 1.29 is 20.2 Å². The van der Waals surface area contributed by atoms with Gasteiger partial charge in [-0.15, -0.1) is 0 Å². The topological polar surface area (TPSA) is 168 Å². The lowest BCUT2D eigenvalue weighted by molar-refractivity contribution is -0.383. The molecule has 1 aliphatic carbocycles. The van der Waals surface area contributed by atoms with Gasteiger partial charge in [0.05, 0.1) is 17.1 Å². The third-order valence-electron chi connectivity index (χ3n) is 3.39. The second-order valence-corrected chi connectivity index (χ2v) is 4.62. The van der Waals surface area contributed by atoms with Gasteiger partial charge in [-0.05, 0) is 6.42 Å². The average molecular weight is 285 g/mol. The molecule has 10 nitrogen and oxygen atoms in total. The molecular weight excluding hydrogens is 270 g/mol. The molecule has 20 heavy (non-hydrogen) atoms. The van der Waals surface area contributed by atoms with Crippen LogP contribution in [0.4, 0.5) is 17.3 Å². The fourth-order valence-electron chi connectivity index (χ4n) is 2.30. The van der Waals surface area contributed by atoms with Crippen LogP contribution < -0.4 is 11.1 Å². The van der Waals surface area contributed by atoms with Crippen LogP contribution in [0.1, 0.15) is 6.42 Å². The Kier molecular flexibility index (Phi) is 3.97. The van der Waals surface area contributed by atoms with E-state index in [0.717, 1.165) is 6.33 Å². The summed E-state index contributed by atoms with van der Waals surface area (Å²) in [5.41, 5.74) is 4.94. The number of rotatable bonds is 4. The molecule has 0 aliphatic heterocycles. The predicted octanol–water partition coefficient (Wildman–Crippen LogP) is -1.52. The number of aromatic nitrogens is 2. The molecule has 1 aromatic heterocycles. The number of nitrogen functional groups attached to an aromatic ring is 1. The zero-order valence-electron chi connectivity index (χ0n) is 10.4. The van der Waals surface area contributed by atoms with Gasteiger partial charge in [-0.25, -0.2) is 9.97 Å². The molecule has 10 heteroatoms. The highest BCUT2D eigenvalue weighted by Gasteiger charge is 2.42. The van der Waals surface area contributed by atoms with Crippen LogP contribution in [0.2, 0.25) is 0 Å². The Hall–Kier alpha value is -2.04. The number of aliphatic hydroxyl groups is 3. The number of hydrogen-bond donors (Lipinski definition) is 5. The quantitative estimate of drug-likeness (QED) is 0.326. The molecule has 6 N–H and O–H groups in total. The van der Waals surface area contributed by atoms with Gasteiger partial charge in [-0.2, -0.15) is 0 Å². The van der Waals surface area contributed by atoms with Gasteiger partial charge in [0.2, 0.25) is 11.6 Å². The van der Waals surface area contributed by atoms with Crippen LogP contribution in [-0.2, 0) is 0 Å². The van der Waals surface area contributed by atoms with Gasteiger partial charge in [-0.3, -0.25) is 10.1 Å². The van der Waals surface area contributed by atoms with Gasteiger partial charge in [0.1, 0.15) is 12.4 Å². The van der Waals surface area contributed by atoms with Crippen LogP contribution >= 0.6 is 0 Å². The number of aliphatic hydroxyl groups excluding tert-OH is 3. The van der Waals surface area contributed by atoms with E-state index in [1.807, 2.05) is 0 Å². The molecule has 1 aliphatic rings. The summed E-state index contributed by atoms with van der Waals surface area (Å²) in [4.78, 5) is 17.5. The second kappa shape index (κ2) is 5.53. The summed E-state index contributed by atoms with van der Waals surface area (Å²) in [6, 6.07) is -0.671. The SMILES string of the molecule is Nc1ncnc(N[C@@H]2CC(CO)[C@@H](O)[C@H]2O)c1[N+](=O)[O-]. The molecule has 1 heterocycles. The first kappa shape index (κ1) is 14.4. The molecule has 110 valence electrons. The summed E-state index contributed by atoms with van der Waals surface area (Å²) in [7, 11) is 0. The van der Waals surface area contributed by atoms with E-state index >= 15 is 0 Å². The van der Waals surface area contributed by atoms with Gasteiger partial charge in [0, 0.05) is 12.5 Å². The molecule has 0 spiro atoms. The highest BCUT2D eigenvalue weighted by Crippen LogP contribution is 2.32. The van der Waals surface area contributed by atoms with E-state index in [9.17, 15) is 20.3 Å². The van der Waals surface area contributed by atoms with E-state index in [0.29, 0.717) is 0 Å². The molecule has 2 rings (SSSR count). The maximum absolute atomic E-state index is 10.9. The number of hydrogen-bond acceptors (Lipinski definition) is 9. The number of nitrogens with zero attached hydrogens (tertiary/aromatic N) is 3. The Labute approximate surface area is 113 Å².